The van der Waals surface area contributed by atoms with E-state index in [4.69, 9.17) is 14.2 Å². The standard InChI is InChI=1S/C18H35N3O3.HI/c1-3-19-18(20-9-14-23-15-17-5-4-11-24-17)21(2)10-6-16-7-12-22-13-8-16;/h16-17H,3-15H2,1-2H3,(H,19,20);1H. The number of nitrogens with one attached hydrogen (secondary N) is 1. The molecule has 0 aromatic carbocycles. The van der Waals surface area contributed by atoms with Crippen molar-refractivity contribution in [2.45, 2.75) is 45.1 Å². The van der Waals surface area contributed by atoms with Crippen molar-refractivity contribution < 1.29 is 14.2 Å². The molecule has 0 saturated carbocycles. The maximum absolute atomic E-state index is 5.69. The Morgan fingerprint density at radius 3 is 2.72 bits per heavy atom. The van der Waals surface area contributed by atoms with Gasteiger partial charge in [-0.1, -0.05) is 0 Å². The Balaban J connectivity index is 0.00000312. The molecule has 1 unspecified atom stereocenters. The van der Waals surface area contributed by atoms with E-state index in [0.29, 0.717) is 25.9 Å². The first-order valence-corrected chi connectivity index (χ1v) is 9.56. The molecule has 0 radical (unpaired) electrons. The number of rotatable bonds is 9. The second kappa shape index (κ2) is 14.0. The third-order valence-electron chi connectivity index (χ3n) is 4.74. The van der Waals surface area contributed by atoms with Gasteiger partial charge in [0.1, 0.15) is 0 Å². The van der Waals surface area contributed by atoms with Crippen LogP contribution in [-0.4, -0.2) is 76.7 Å². The number of ether oxygens (including phenoxy) is 3. The van der Waals surface area contributed by atoms with Crippen molar-refractivity contribution in [1.29, 1.82) is 0 Å². The molecule has 2 heterocycles. The van der Waals surface area contributed by atoms with Crippen LogP contribution in [0.15, 0.2) is 4.99 Å². The van der Waals surface area contributed by atoms with Crippen molar-refractivity contribution in [3.8, 4) is 0 Å². The van der Waals surface area contributed by atoms with Gasteiger partial charge >= 0.3 is 0 Å². The molecule has 2 saturated heterocycles. The molecule has 1 N–H and O–H groups in total. The van der Waals surface area contributed by atoms with E-state index in [1.807, 2.05) is 0 Å². The molecule has 0 spiro atoms. The van der Waals surface area contributed by atoms with Crippen LogP contribution in [0.3, 0.4) is 0 Å². The van der Waals surface area contributed by atoms with Gasteiger partial charge in [0.15, 0.2) is 5.96 Å². The third-order valence-corrected chi connectivity index (χ3v) is 4.74. The fourth-order valence-electron chi connectivity index (χ4n) is 3.19. The number of aliphatic imine (C=N–C) groups is 1. The minimum Gasteiger partial charge on any atom is -0.381 e. The van der Waals surface area contributed by atoms with Crippen molar-refractivity contribution in [1.82, 2.24) is 10.2 Å². The summed E-state index contributed by atoms with van der Waals surface area (Å²) in [6.45, 7) is 8.80. The lowest BCUT2D eigenvalue weighted by atomic mass is 9.96. The minimum absolute atomic E-state index is 0. The molecule has 0 aromatic rings. The number of guanidine groups is 1. The van der Waals surface area contributed by atoms with Crippen molar-refractivity contribution in [3.05, 3.63) is 0 Å². The van der Waals surface area contributed by atoms with Gasteiger partial charge in [-0.3, -0.25) is 4.99 Å². The molecule has 2 aliphatic rings. The molecule has 0 amide bonds. The van der Waals surface area contributed by atoms with Gasteiger partial charge in [0.05, 0.1) is 25.9 Å². The van der Waals surface area contributed by atoms with Crippen LogP contribution in [0.4, 0.5) is 0 Å². The number of hydrogen-bond donors (Lipinski definition) is 1. The summed E-state index contributed by atoms with van der Waals surface area (Å²) in [5, 5.41) is 3.37. The van der Waals surface area contributed by atoms with Crippen molar-refractivity contribution in [2.75, 3.05) is 59.7 Å². The zero-order chi connectivity index (χ0) is 17.0. The van der Waals surface area contributed by atoms with E-state index in [1.165, 1.54) is 19.3 Å². The van der Waals surface area contributed by atoms with E-state index < -0.39 is 0 Å². The largest absolute Gasteiger partial charge is 0.381 e. The molecule has 2 fully saturated rings. The van der Waals surface area contributed by atoms with E-state index in [-0.39, 0.29) is 24.0 Å². The van der Waals surface area contributed by atoms with Gasteiger partial charge in [0.2, 0.25) is 0 Å². The van der Waals surface area contributed by atoms with Crippen molar-refractivity contribution >= 4 is 29.9 Å². The Hall–Kier alpha value is -0.120. The average molecular weight is 469 g/mol. The van der Waals surface area contributed by atoms with E-state index in [1.54, 1.807) is 0 Å². The highest BCUT2D eigenvalue weighted by molar-refractivity contribution is 14.0. The first-order valence-electron chi connectivity index (χ1n) is 9.56. The highest BCUT2D eigenvalue weighted by atomic mass is 127. The Labute approximate surface area is 170 Å². The predicted molar refractivity (Wildman–Crippen MR) is 112 cm³/mol. The summed E-state index contributed by atoms with van der Waals surface area (Å²) in [5.41, 5.74) is 0. The normalized spacial score (nSPS) is 21.8. The summed E-state index contributed by atoms with van der Waals surface area (Å²) >= 11 is 0. The Morgan fingerprint density at radius 1 is 1.24 bits per heavy atom. The van der Waals surface area contributed by atoms with Crippen LogP contribution in [0, 0.1) is 5.92 Å². The molecule has 2 rings (SSSR count). The van der Waals surface area contributed by atoms with Crippen molar-refractivity contribution in [3.63, 3.8) is 0 Å². The van der Waals surface area contributed by atoms with Gasteiger partial charge in [-0.2, -0.15) is 0 Å². The zero-order valence-electron chi connectivity index (χ0n) is 15.9. The molecule has 2 aliphatic heterocycles. The summed E-state index contributed by atoms with van der Waals surface area (Å²) in [6, 6.07) is 0. The minimum atomic E-state index is 0. The van der Waals surface area contributed by atoms with Crippen LogP contribution in [-0.2, 0) is 14.2 Å². The molecule has 0 bridgehead atoms. The fourth-order valence-corrected chi connectivity index (χ4v) is 3.19. The maximum atomic E-state index is 5.69. The quantitative estimate of drug-likeness (QED) is 0.244. The number of hydrogen-bond acceptors (Lipinski definition) is 4. The maximum Gasteiger partial charge on any atom is 0.193 e. The van der Waals surface area contributed by atoms with Crippen LogP contribution in [0.2, 0.25) is 0 Å². The molecule has 0 aliphatic carbocycles. The van der Waals surface area contributed by atoms with Crippen LogP contribution < -0.4 is 5.32 Å². The lowest BCUT2D eigenvalue weighted by Gasteiger charge is -2.26. The SMILES string of the molecule is CCNC(=NCCOCC1CCCO1)N(C)CCC1CCOCC1.I. The Bertz CT molecular complexity index is 359. The fraction of sp³-hybridized carbons (Fsp3) is 0.944. The molecule has 0 aromatic heterocycles. The van der Waals surface area contributed by atoms with E-state index in [0.717, 1.165) is 57.6 Å². The second-order valence-corrected chi connectivity index (χ2v) is 6.71. The first-order chi connectivity index (χ1) is 11.8. The van der Waals surface area contributed by atoms with Gasteiger partial charge in [0.25, 0.3) is 0 Å². The monoisotopic (exact) mass is 469 g/mol. The van der Waals surface area contributed by atoms with Gasteiger partial charge in [0, 0.05) is 40.0 Å². The molecular weight excluding hydrogens is 433 g/mol. The van der Waals surface area contributed by atoms with Gasteiger partial charge < -0.3 is 24.4 Å². The summed E-state index contributed by atoms with van der Waals surface area (Å²) in [5.74, 6) is 1.77. The van der Waals surface area contributed by atoms with Crippen LogP contribution in [0.25, 0.3) is 0 Å². The molecule has 6 nitrogen and oxygen atoms in total. The highest BCUT2D eigenvalue weighted by Gasteiger charge is 2.16. The zero-order valence-corrected chi connectivity index (χ0v) is 18.2. The van der Waals surface area contributed by atoms with Gasteiger partial charge in [-0.15, -0.1) is 24.0 Å². The summed E-state index contributed by atoms with van der Waals surface area (Å²) in [7, 11) is 2.12. The molecule has 1 atom stereocenters. The topological polar surface area (TPSA) is 55.3 Å². The average Bonchev–Trinajstić information content (AvgIpc) is 3.13. The first kappa shape index (κ1) is 22.9. The van der Waals surface area contributed by atoms with Crippen molar-refractivity contribution in [2.24, 2.45) is 10.9 Å². The lowest BCUT2D eigenvalue weighted by Crippen LogP contribution is -2.40. The van der Waals surface area contributed by atoms with Gasteiger partial charge in [-0.25, -0.2) is 0 Å². The molecule has 148 valence electrons. The highest BCUT2D eigenvalue weighted by Crippen LogP contribution is 2.18. The third kappa shape index (κ3) is 9.40. The van der Waals surface area contributed by atoms with Gasteiger partial charge in [-0.05, 0) is 44.9 Å². The predicted octanol–water partition coefficient (Wildman–Crippen LogP) is 2.51. The Morgan fingerprint density at radius 2 is 2.04 bits per heavy atom. The molecular formula is C18H36IN3O3. The lowest BCUT2D eigenvalue weighted by molar-refractivity contribution is 0.0199. The van der Waals surface area contributed by atoms with Crippen LogP contribution >= 0.6 is 24.0 Å². The van der Waals surface area contributed by atoms with E-state index in [9.17, 15) is 0 Å². The molecule has 7 heteroatoms. The summed E-state index contributed by atoms with van der Waals surface area (Å²) in [6.07, 6.45) is 6.18. The number of nitrogens with zero attached hydrogens (tertiary/aromatic N) is 2. The van der Waals surface area contributed by atoms with Crippen LogP contribution in [0.5, 0.6) is 0 Å². The van der Waals surface area contributed by atoms with Crippen LogP contribution in [0.1, 0.15) is 39.0 Å². The Kier molecular flexibility index (Phi) is 12.8. The smallest absolute Gasteiger partial charge is 0.193 e. The number of halogens is 1. The summed E-state index contributed by atoms with van der Waals surface area (Å²) in [4.78, 5) is 6.92. The van der Waals surface area contributed by atoms with E-state index >= 15 is 0 Å². The second-order valence-electron chi connectivity index (χ2n) is 6.71. The molecule has 25 heavy (non-hydrogen) atoms. The van der Waals surface area contributed by atoms with E-state index in [2.05, 4.69) is 29.2 Å². The summed E-state index contributed by atoms with van der Waals surface area (Å²) < 4.78 is 16.7.